The van der Waals surface area contributed by atoms with Gasteiger partial charge in [0.15, 0.2) is 5.82 Å². The molecule has 0 aliphatic heterocycles. The number of amides is 2. The molecule has 0 radical (unpaired) electrons. The Kier molecular flexibility index (Phi) is 6.46. The van der Waals surface area contributed by atoms with Crippen LogP contribution in [0.25, 0.3) is 11.4 Å². The maximum Gasteiger partial charge on any atom is 0.345 e. The molecule has 0 spiro atoms. The number of nitrogens with zero attached hydrogens (tertiary/aromatic N) is 3. The standard InChI is InChI=1S/C25H25N5O2/c1-29-23(21-15-9-4-10-16-21)28-30(25(29)32)18-17-26-24(31)27-22(19-11-5-2-6-12-19)20-13-7-3-8-14-20/h2-16,22H,17-18H2,1H3,(H2,26,27,31). The lowest BCUT2D eigenvalue weighted by Crippen LogP contribution is -2.40. The van der Waals surface area contributed by atoms with E-state index in [4.69, 9.17) is 0 Å². The fourth-order valence-corrected chi connectivity index (χ4v) is 3.58. The smallest absolute Gasteiger partial charge is 0.336 e. The van der Waals surface area contributed by atoms with Crippen LogP contribution in [0, 0.1) is 0 Å². The summed E-state index contributed by atoms with van der Waals surface area (Å²) in [5, 5.41) is 10.3. The minimum absolute atomic E-state index is 0.225. The Morgan fingerprint density at radius 2 is 1.41 bits per heavy atom. The predicted octanol–water partition coefficient (Wildman–Crippen LogP) is 3.34. The Bertz CT molecular complexity index is 1180. The van der Waals surface area contributed by atoms with Gasteiger partial charge in [0.1, 0.15) is 0 Å². The molecule has 0 saturated carbocycles. The van der Waals surface area contributed by atoms with Crippen molar-refractivity contribution in [1.29, 1.82) is 0 Å². The van der Waals surface area contributed by atoms with Crippen LogP contribution in [0.5, 0.6) is 0 Å². The summed E-state index contributed by atoms with van der Waals surface area (Å²) in [6.45, 7) is 0.543. The largest absolute Gasteiger partial charge is 0.345 e. The van der Waals surface area contributed by atoms with Crippen molar-refractivity contribution >= 4 is 6.03 Å². The van der Waals surface area contributed by atoms with Gasteiger partial charge in [-0.1, -0.05) is 91.0 Å². The monoisotopic (exact) mass is 427 g/mol. The first kappa shape index (κ1) is 21.1. The van der Waals surface area contributed by atoms with Crippen LogP contribution in [0.15, 0.2) is 95.8 Å². The topological polar surface area (TPSA) is 81.0 Å². The molecule has 4 aromatic rings. The molecule has 0 aliphatic rings. The summed E-state index contributed by atoms with van der Waals surface area (Å²) >= 11 is 0. The Hall–Kier alpha value is -4.13. The molecule has 1 heterocycles. The van der Waals surface area contributed by atoms with E-state index < -0.39 is 0 Å². The van der Waals surface area contributed by atoms with Gasteiger partial charge in [0.05, 0.1) is 12.6 Å². The van der Waals surface area contributed by atoms with Crippen LogP contribution in [0.3, 0.4) is 0 Å². The van der Waals surface area contributed by atoms with E-state index in [1.807, 2.05) is 91.0 Å². The average Bonchev–Trinajstić information content (AvgIpc) is 3.13. The number of benzene rings is 3. The normalized spacial score (nSPS) is 10.8. The fraction of sp³-hybridized carbons (Fsp3) is 0.160. The molecule has 3 aromatic carbocycles. The number of carbonyl (C=O) groups excluding carboxylic acids is 1. The van der Waals surface area contributed by atoms with Crippen molar-refractivity contribution in [2.75, 3.05) is 6.54 Å². The number of hydrogen-bond acceptors (Lipinski definition) is 3. The van der Waals surface area contributed by atoms with E-state index in [0.717, 1.165) is 16.7 Å². The van der Waals surface area contributed by atoms with Gasteiger partial charge in [0, 0.05) is 19.2 Å². The summed E-state index contributed by atoms with van der Waals surface area (Å²) in [4.78, 5) is 25.2. The van der Waals surface area contributed by atoms with Crippen LogP contribution >= 0.6 is 0 Å². The quantitative estimate of drug-likeness (QED) is 0.475. The van der Waals surface area contributed by atoms with Gasteiger partial charge < -0.3 is 10.6 Å². The van der Waals surface area contributed by atoms with Gasteiger partial charge in [0.2, 0.25) is 0 Å². The summed E-state index contributed by atoms with van der Waals surface area (Å²) in [5.74, 6) is 0.591. The van der Waals surface area contributed by atoms with Crippen LogP contribution in [0.4, 0.5) is 4.79 Å². The second kappa shape index (κ2) is 9.78. The van der Waals surface area contributed by atoms with Gasteiger partial charge in [-0.2, -0.15) is 0 Å². The van der Waals surface area contributed by atoms with Crippen molar-refractivity contribution in [3.05, 3.63) is 113 Å². The molecule has 1 aromatic heterocycles. The fourth-order valence-electron chi connectivity index (χ4n) is 3.58. The summed E-state index contributed by atoms with van der Waals surface area (Å²) in [6, 6.07) is 28.6. The lowest BCUT2D eigenvalue weighted by atomic mass is 9.99. The van der Waals surface area contributed by atoms with Crippen molar-refractivity contribution in [1.82, 2.24) is 25.0 Å². The predicted molar refractivity (Wildman–Crippen MR) is 124 cm³/mol. The summed E-state index contributed by atoms with van der Waals surface area (Å²) in [6.07, 6.45) is 0. The van der Waals surface area contributed by atoms with E-state index in [1.165, 1.54) is 9.25 Å². The minimum atomic E-state index is -0.310. The molecule has 0 unspecified atom stereocenters. The Morgan fingerprint density at radius 3 is 1.97 bits per heavy atom. The molecule has 7 heteroatoms. The molecule has 32 heavy (non-hydrogen) atoms. The zero-order chi connectivity index (χ0) is 22.3. The average molecular weight is 428 g/mol. The number of urea groups is 1. The number of carbonyl (C=O) groups is 1. The van der Waals surface area contributed by atoms with Crippen molar-refractivity contribution in [2.24, 2.45) is 7.05 Å². The number of nitrogens with one attached hydrogen (secondary N) is 2. The third-order valence-electron chi connectivity index (χ3n) is 5.22. The van der Waals surface area contributed by atoms with E-state index in [0.29, 0.717) is 5.82 Å². The zero-order valence-electron chi connectivity index (χ0n) is 17.8. The highest BCUT2D eigenvalue weighted by atomic mass is 16.2. The number of rotatable bonds is 7. The first-order valence-electron chi connectivity index (χ1n) is 10.5. The van der Waals surface area contributed by atoms with Gasteiger partial charge in [-0.3, -0.25) is 4.57 Å². The maximum absolute atomic E-state index is 12.6. The molecule has 0 bridgehead atoms. The van der Waals surface area contributed by atoms with Crippen LogP contribution < -0.4 is 16.3 Å². The van der Waals surface area contributed by atoms with E-state index >= 15 is 0 Å². The summed E-state index contributed by atoms with van der Waals surface area (Å²) in [5.41, 5.74) is 2.62. The lowest BCUT2D eigenvalue weighted by Gasteiger charge is -2.20. The van der Waals surface area contributed by atoms with Crippen molar-refractivity contribution in [3.8, 4) is 11.4 Å². The minimum Gasteiger partial charge on any atom is -0.336 e. The molecule has 2 N–H and O–H groups in total. The van der Waals surface area contributed by atoms with Crippen molar-refractivity contribution in [3.63, 3.8) is 0 Å². The third-order valence-corrected chi connectivity index (χ3v) is 5.22. The van der Waals surface area contributed by atoms with Gasteiger partial charge in [-0.05, 0) is 11.1 Å². The van der Waals surface area contributed by atoms with Crippen molar-refractivity contribution in [2.45, 2.75) is 12.6 Å². The third kappa shape index (κ3) is 4.78. The molecule has 7 nitrogen and oxygen atoms in total. The van der Waals surface area contributed by atoms with E-state index in [-0.39, 0.29) is 30.9 Å². The Balaban J connectivity index is 1.41. The maximum atomic E-state index is 12.6. The first-order valence-corrected chi connectivity index (χ1v) is 10.5. The zero-order valence-corrected chi connectivity index (χ0v) is 17.8. The molecule has 4 rings (SSSR count). The van der Waals surface area contributed by atoms with Crippen LogP contribution in [-0.2, 0) is 13.6 Å². The van der Waals surface area contributed by atoms with E-state index in [1.54, 1.807) is 7.05 Å². The molecular formula is C25H25N5O2. The highest BCUT2D eigenvalue weighted by Crippen LogP contribution is 2.21. The molecule has 162 valence electrons. The van der Waals surface area contributed by atoms with Crippen LogP contribution in [-0.4, -0.2) is 26.9 Å². The molecule has 0 fully saturated rings. The Labute approximate surface area is 186 Å². The molecule has 0 aliphatic carbocycles. The second-order valence-corrected chi connectivity index (χ2v) is 7.41. The van der Waals surface area contributed by atoms with Crippen LogP contribution in [0.1, 0.15) is 17.2 Å². The highest BCUT2D eigenvalue weighted by molar-refractivity contribution is 5.75. The van der Waals surface area contributed by atoms with Gasteiger partial charge >= 0.3 is 11.7 Å². The Morgan fingerprint density at radius 1 is 0.875 bits per heavy atom. The molecule has 0 atom stereocenters. The van der Waals surface area contributed by atoms with Crippen LogP contribution in [0.2, 0.25) is 0 Å². The lowest BCUT2D eigenvalue weighted by molar-refractivity contribution is 0.238. The van der Waals surface area contributed by atoms with Gasteiger partial charge in [-0.25, -0.2) is 14.3 Å². The SMILES string of the molecule is Cn1c(-c2ccccc2)nn(CCNC(=O)NC(c2ccccc2)c2ccccc2)c1=O. The van der Waals surface area contributed by atoms with Gasteiger partial charge in [-0.15, -0.1) is 5.10 Å². The summed E-state index contributed by atoms with van der Waals surface area (Å²) in [7, 11) is 1.69. The molecule has 0 saturated heterocycles. The number of aromatic nitrogens is 3. The number of hydrogen-bond donors (Lipinski definition) is 2. The molecule has 2 amide bonds. The van der Waals surface area contributed by atoms with E-state index in [2.05, 4.69) is 15.7 Å². The highest BCUT2D eigenvalue weighted by Gasteiger charge is 2.17. The second-order valence-electron chi connectivity index (χ2n) is 7.41. The van der Waals surface area contributed by atoms with Gasteiger partial charge in [0.25, 0.3) is 0 Å². The summed E-state index contributed by atoms with van der Waals surface area (Å²) < 4.78 is 2.88. The van der Waals surface area contributed by atoms with E-state index in [9.17, 15) is 9.59 Å². The first-order chi connectivity index (χ1) is 15.6. The van der Waals surface area contributed by atoms with Crippen molar-refractivity contribution < 1.29 is 4.79 Å². The molecular weight excluding hydrogens is 402 g/mol.